The molecule has 0 atom stereocenters. The van der Waals surface area contributed by atoms with Crippen LogP contribution in [0.4, 0.5) is 0 Å². The fourth-order valence-electron chi connectivity index (χ4n) is 2.59. The van der Waals surface area contributed by atoms with E-state index in [9.17, 15) is 4.79 Å². The second kappa shape index (κ2) is 8.51. The number of amides is 1. The van der Waals surface area contributed by atoms with E-state index < -0.39 is 0 Å². The van der Waals surface area contributed by atoms with Crippen molar-refractivity contribution in [1.82, 2.24) is 4.90 Å². The highest BCUT2D eigenvalue weighted by molar-refractivity contribution is 5.76. The molecule has 1 fully saturated rings. The minimum Gasteiger partial charge on any atom is -0.346 e. The Hall–Kier alpha value is -0.570. The molecule has 17 heavy (non-hydrogen) atoms. The van der Waals surface area contributed by atoms with Crippen molar-refractivity contribution in [3.63, 3.8) is 0 Å². The highest BCUT2D eigenvalue weighted by Crippen LogP contribution is 2.26. The summed E-state index contributed by atoms with van der Waals surface area (Å²) >= 11 is 0. The molecule has 1 aliphatic carbocycles. The van der Waals surface area contributed by atoms with Crippen LogP contribution in [0.25, 0.3) is 0 Å². The number of carbonyl (C=O) groups is 1. The van der Waals surface area contributed by atoms with Gasteiger partial charge in [0.25, 0.3) is 0 Å². The highest BCUT2D eigenvalue weighted by Gasteiger charge is 2.18. The van der Waals surface area contributed by atoms with E-state index >= 15 is 0 Å². The third kappa shape index (κ3) is 6.06. The smallest absolute Gasteiger partial charge is 0.222 e. The zero-order chi connectivity index (χ0) is 12.5. The molecule has 0 unspecified atom stereocenters. The van der Waals surface area contributed by atoms with Crippen LogP contribution in [0.5, 0.6) is 0 Å². The summed E-state index contributed by atoms with van der Waals surface area (Å²) in [5.41, 5.74) is 5.45. The summed E-state index contributed by atoms with van der Waals surface area (Å²) in [6.45, 7) is 1.66. The van der Waals surface area contributed by atoms with Gasteiger partial charge in [0.15, 0.2) is 0 Å². The van der Waals surface area contributed by atoms with Gasteiger partial charge in [-0.2, -0.15) is 0 Å². The summed E-state index contributed by atoms with van der Waals surface area (Å²) in [4.78, 5) is 13.9. The monoisotopic (exact) mass is 240 g/mol. The summed E-state index contributed by atoms with van der Waals surface area (Å²) in [7, 11) is 1.94. The Labute approximate surface area is 106 Å². The topological polar surface area (TPSA) is 46.3 Å². The van der Waals surface area contributed by atoms with Gasteiger partial charge < -0.3 is 10.6 Å². The standard InChI is InChI=1S/C14H28N2O/c1-16(11-7-3-6-10-15)14(17)12-13-8-4-2-5-9-13/h13H,2-12,15H2,1H3. The fraction of sp³-hybridized carbons (Fsp3) is 0.929. The van der Waals surface area contributed by atoms with Crippen LogP contribution in [0.2, 0.25) is 0 Å². The Balaban J connectivity index is 2.12. The van der Waals surface area contributed by atoms with Gasteiger partial charge in [-0.15, -0.1) is 0 Å². The molecule has 0 radical (unpaired) electrons. The maximum Gasteiger partial charge on any atom is 0.222 e. The van der Waals surface area contributed by atoms with Crippen LogP contribution in [0.1, 0.15) is 57.8 Å². The lowest BCUT2D eigenvalue weighted by Crippen LogP contribution is -2.29. The van der Waals surface area contributed by atoms with Gasteiger partial charge >= 0.3 is 0 Å². The van der Waals surface area contributed by atoms with Gasteiger partial charge in [0.1, 0.15) is 0 Å². The van der Waals surface area contributed by atoms with Gasteiger partial charge in [-0.05, 0) is 38.1 Å². The summed E-state index contributed by atoms with van der Waals surface area (Å²) < 4.78 is 0. The Kier molecular flexibility index (Phi) is 7.25. The van der Waals surface area contributed by atoms with E-state index in [2.05, 4.69) is 0 Å². The van der Waals surface area contributed by atoms with Crippen molar-refractivity contribution >= 4 is 5.91 Å². The number of hydrogen-bond acceptors (Lipinski definition) is 2. The molecule has 1 amide bonds. The Bertz CT molecular complexity index is 212. The lowest BCUT2D eigenvalue weighted by atomic mass is 9.87. The first-order chi connectivity index (χ1) is 8.24. The van der Waals surface area contributed by atoms with Gasteiger partial charge in [-0.25, -0.2) is 0 Å². The minimum atomic E-state index is 0.338. The second-order valence-electron chi connectivity index (χ2n) is 5.37. The van der Waals surface area contributed by atoms with E-state index in [1.807, 2.05) is 11.9 Å². The number of nitrogens with zero attached hydrogens (tertiary/aromatic N) is 1. The molecule has 0 aliphatic heterocycles. The summed E-state index contributed by atoms with van der Waals surface area (Å²) in [6.07, 6.45) is 10.6. The first kappa shape index (κ1) is 14.5. The number of unbranched alkanes of at least 4 members (excludes halogenated alkanes) is 2. The second-order valence-corrected chi connectivity index (χ2v) is 5.37. The van der Waals surface area contributed by atoms with E-state index in [-0.39, 0.29) is 0 Å². The fourth-order valence-corrected chi connectivity index (χ4v) is 2.59. The van der Waals surface area contributed by atoms with Crippen LogP contribution in [-0.4, -0.2) is 30.9 Å². The Morgan fingerprint density at radius 2 is 1.88 bits per heavy atom. The molecule has 100 valence electrons. The van der Waals surface area contributed by atoms with Gasteiger partial charge in [0, 0.05) is 20.0 Å². The van der Waals surface area contributed by atoms with Gasteiger partial charge in [0.05, 0.1) is 0 Å². The van der Waals surface area contributed by atoms with E-state index in [0.29, 0.717) is 11.8 Å². The molecule has 0 aromatic heterocycles. The van der Waals surface area contributed by atoms with Crippen molar-refractivity contribution in [2.75, 3.05) is 20.1 Å². The average Bonchev–Trinajstić information content (AvgIpc) is 2.35. The van der Waals surface area contributed by atoms with Crippen LogP contribution in [0, 0.1) is 5.92 Å². The van der Waals surface area contributed by atoms with Crippen molar-refractivity contribution in [2.24, 2.45) is 11.7 Å². The molecule has 3 nitrogen and oxygen atoms in total. The van der Waals surface area contributed by atoms with E-state index in [1.165, 1.54) is 32.1 Å². The van der Waals surface area contributed by atoms with Crippen molar-refractivity contribution in [1.29, 1.82) is 0 Å². The number of carbonyl (C=O) groups excluding carboxylic acids is 1. The molecule has 3 heteroatoms. The molecular formula is C14H28N2O. The molecule has 1 saturated carbocycles. The lowest BCUT2D eigenvalue weighted by Gasteiger charge is -2.24. The molecule has 0 aromatic rings. The van der Waals surface area contributed by atoms with Gasteiger partial charge in [-0.3, -0.25) is 4.79 Å². The van der Waals surface area contributed by atoms with E-state index in [0.717, 1.165) is 38.8 Å². The lowest BCUT2D eigenvalue weighted by molar-refractivity contribution is -0.131. The van der Waals surface area contributed by atoms with Gasteiger partial charge in [0.2, 0.25) is 5.91 Å². The highest BCUT2D eigenvalue weighted by atomic mass is 16.2. The maximum absolute atomic E-state index is 12.0. The summed E-state index contributed by atoms with van der Waals surface area (Å²) in [6, 6.07) is 0. The summed E-state index contributed by atoms with van der Waals surface area (Å²) in [5, 5.41) is 0. The van der Waals surface area contributed by atoms with Crippen molar-refractivity contribution in [3.8, 4) is 0 Å². The third-order valence-corrected chi connectivity index (χ3v) is 3.81. The molecule has 0 aromatic carbocycles. The van der Waals surface area contributed by atoms with Gasteiger partial charge in [-0.1, -0.05) is 25.7 Å². The van der Waals surface area contributed by atoms with Crippen LogP contribution in [-0.2, 0) is 4.79 Å². The normalized spacial score (nSPS) is 17.1. The van der Waals surface area contributed by atoms with Crippen LogP contribution < -0.4 is 5.73 Å². The predicted octanol–water partition coefficient (Wildman–Crippen LogP) is 2.54. The van der Waals surface area contributed by atoms with Crippen molar-refractivity contribution in [2.45, 2.75) is 57.8 Å². The zero-order valence-corrected chi connectivity index (χ0v) is 11.3. The van der Waals surface area contributed by atoms with Crippen LogP contribution >= 0.6 is 0 Å². The minimum absolute atomic E-state index is 0.338. The molecule has 0 heterocycles. The van der Waals surface area contributed by atoms with E-state index in [4.69, 9.17) is 5.73 Å². The van der Waals surface area contributed by atoms with E-state index in [1.54, 1.807) is 0 Å². The molecule has 1 rings (SSSR count). The quantitative estimate of drug-likeness (QED) is 0.695. The zero-order valence-electron chi connectivity index (χ0n) is 11.3. The predicted molar refractivity (Wildman–Crippen MR) is 71.7 cm³/mol. The first-order valence-electron chi connectivity index (χ1n) is 7.18. The van der Waals surface area contributed by atoms with Crippen molar-refractivity contribution < 1.29 is 4.79 Å². The molecule has 1 aliphatic rings. The first-order valence-corrected chi connectivity index (χ1v) is 7.18. The summed E-state index contributed by atoms with van der Waals surface area (Å²) in [5.74, 6) is 0.993. The maximum atomic E-state index is 12.0. The van der Waals surface area contributed by atoms with Crippen molar-refractivity contribution in [3.05, 3.63) is 0 Å². The molecule has 0 saturated heterocycles. The molecule has 0 bridgehead atoms. The third-order valence-electron chi connectivity index (χ3n) is 3.81. The number of rotatable bonds is 7. The molecular weight excluding hydrogens is 212 g/mol. The number of nitrogens with two attached hydrogens (primary N) is 1. The Morgan fingerprint density at radius 1 is 1.18 bits per heavy atom. The molecule has 0 spiro atoms. The average molecular weight is 240 g/mol. The largest absolute Gasteiger partial charge is 0.346 e. The molecule has 2 N–H and O–H groups in total. The van der Waals surface area contributed by atoms with Crippen LogP contribution in [0.3, 0.4) is 0 Å². The SMILES string of the molecule is CN(CCCCCN)C(=O)CC1CCCCC1. The van der Waals surface area contributed by atoms with Crippen LogP contribution in [0.15, 0.2) is 0 Å². The number of hydrogen-bond donors (Lipinski definition) is 1. The Morgan fingerprint density at radius 3 is 2.53 bits per heavy atom.